The van der Waals surface area contributed by atoms with E-state index in [4.69, 9.17) is 23.1 Å². The molecule has 0 saturated heterocycles. The van der Waals surface area contributed by atoms with Gasteiger partial charge in [0.25, 0.3) is 0 Å². The number of nitrogens with zero attached hydrogens (tertiary/aromatic N) is 2. The molecule has 6 aromatic rings. The summed E-state index contributed by atoms with van der Waals surface area (Å²) in [5, 5.41) is 44.6. The van der Waals surface area contributed by atoms with Gasteiger partial charge in [0.1, 0.15) is 11.5 Å². The summed E-state index contributed by atoms with van der Waals surface area (Å²) in [6, 6.07) is 37.3. The number of aromatic hydroxyl groups is 2. The number of hydrogen-bond acceptors (Lipinski definition) is 6. The van der Waals surface area contributed by atoms with Crippen molar-refractivity contribution in [1.29, 1.82) is 0 Å². The molecular formula is C41H37ClN4O4. The van der Waals surface area contributed by atoms with Crippen LogP contribution in [0.1, 0.15) is 27.8 Å². The lowest BCUT2D eigenvalue weighted by Gasteiger charge is -2.17. The lowest BCUT2D eigenvalue weighted by atomic mass is 9.88. The van der Waals surface area contributed by atoms with Gasteiger partial charge in [-0.1, -0.05) is 100 Å². The van der Waals surface area contributed by atoms with E-state index in [1.165, 1.54) is 0 Å². The quantitative estimate of drug-likeness (QED) is 0.0444. The summed E-state index contributed by atoms with van der Waals surface area (Å²) < 4.78 is 0. The monoisotopic (exact) mass is 684 g/mol. The van der Waals surface area contributed by atoms with Gasteiger partial charge in [-0.3, -0.25) is 0 Å². The minimum Gasteiger partial charge on any atom is -0.508 e. The van der Waals surface area contributed by atoms with Gasteiger partial charge in [-0.25, -0.2) is 0 Å². The molecule has 8 nitrogen and oxygen atoms in total. The maximum Gasteiger partial charge on any atom is 0.170 e. The highest BCUT2D eigenvalue weighted by molar-refractivity contribution is 6.31. The predicted molar refractivity (Wildman–Crippen MR) is 202 cm³/mol. The van der Waals surface area contributed by atoms with Crippen LogP contribution in [0.2, 0.25) is 5.02 Å². The van der Waals surface area contributed by atoms with E-state index in [-0.39, 0.29) is 23.2 Å². The third-order valence-electron chi connectivity index (χ3n) is 8.11. The predicted octanol–water partition coefficient (Wildman–Crippen LogP) is 9.22. The van der Waals surface area contributed by atoms with Crippen LogP contribution in [-0.2, 0) is 0 Å². The molecule has 6 rings (SSSR count). The van der Waals surface area contributed by atoms with Gasteiger partial charge in [-0.05, 0) is 114 Å². The third-order valence-corrected chi connectivity index (χ3v) is 8.34. The molecule has 50 heavy (non-hydrogen) atoms. The number of rotatable bonds is 6. The summed E-state index contributed by atoms with van der Waals surface area (Å²) in [5.74, 6) is 0.501. The molecule has 0 heterocycles. The van der Waals surface area contributed by atoms with E-state index < -0.39 is 0 Å². The van der Waals surface area contributed by atoms with Crippen LogP contribution in [0.25, 0.3) is 44.5 Å². The molecule has 0 amide bonds. The molecule has 0 radical (unpaired) electrons. The Balaban J connectivity index is 0.000000194. The van der Waals surface area contributed by atoms with Crippen molar-refractivity contribution < 1.29 is 20.6 Å². The number of halogens is 1. The topological polar surface area (TPSA) is 158 Å². The van der Waals surface area contributed by atoms with Crippen LogP contribution >= 0.6 is 11.6 Å². The zero-order valence-electron chi connectivity index (χ0n) is 27.8. The number of nitrogens with two attached hydrogens (primary N) is 2. The van der Waals surface area contributed by atoms with E-state index in [0.717, 1.165) is 61.2 Å². The Labute approximate surface area is 295 Å². The Bertz CT molecular complexity index is 2050. The van der Waals surface area contributed by atoms with Crippen LogP contribution in [0, 0.1) is 20.8 Å². The molecule has 0 saturated carbocycles. The zero-order chi connectivity index (χ0) is 35.9. The van der Waals surface area contributed by atoms with Gasteiger partial charge >= 0.3 is 0 Å². The molecule has 9 heteroatoms. The van der Waals surface area contributed by atoms with Crippen LogP contribution in [0.15, 0.2) is 132 Å². The molecule has 0 aliphatic heterocycles. The summed E-state index contributed by atoms with van der Waals surface area (Å²) >= 11 is 6.17. The largest absolute Gasteiger partial charge is 0.508 e. The van der Waals surface area contributed by atoms with Crippen LogP contribution in [-0.4, -0.2) is 32.3 Å². The summed E-state index contributed by atoms with van der Waals surface area (Å²) in [4.78, 5) is 0. The number of amidine groups is 2. The Kier molecular flexibility index (Phi) is 10.7. The van der Waals surface area contributed by atoms with Crippen molar-refractivity contribution in [3.8, 4) is 56.0 Å². The van der Waals surface area contributed by atoms with Crippen molar-refractivity contribution in [2.24, 2.45) is 21.8 Å². The van der Waals surface area contributed by atoms with Gasteiger partial charge < -0.3 is 32.1 Å². The molecule has 0 spiro atoms. The minimum atomic E-state index is 0.0266. The van der Waals surface area contributed by atoms with Crippen LogP contribution < -0.4 is 11.5 Å². The lowest BCUT2D eigenvalue weighted by Crippen LogP contribution is -2.15. The van der Waals surface area contributed by atoms with E-state index >= 15 is 0 Å². The minimum absolute atomic E-state index is 0.0266. The van der Waals surface area contributed by atoms with E-state index in [1.54, 1.807) is 30.3 Å². The van der Waals surface area contributed by atoms with Crippen molar-refractivity contribution in [3.63, 3.8) is 0 Å². The van der Waals surface area contributed by atoms with Gasteiger partial charge in [0.15, 0.2) is 11.7 Å². The standard InChI is InChI=1S/C21H20N2O2.C20H17ClN2O2/c1-13-4-3-5-16(10-13)20-18(15-6-8-17(24)9-7-15)11-14(2)12-19(20)21(22)23-25;1-12-9-17(13-5-7-16(24)8-6-13)19(18(10-12)20(22)23-25)14-3-2-4-15(21)11-14/h3-12,24-25H,1-2H3,(H2,22,23);2-11,24-25H,1H3,(H2,22,23). The second-order valence-electron chi connectivity index (χ2n) is 11.9. The smallest absolute Gasteiger partial charge is 0.170 e. The Morgan fingerprint density at radius 2 is 0.920 bits per heavy atom. The summed E-state index contributed by atoms with van der Waals surface area (Å²) in [5.41, 5.74) is 23.6. The second kappa shape index (κ2) is 15.3. The highest BCUT2D eigenvalue weighted by Gasteiger charge is 2.18. The average molecular weight is 685 g/mol. The number of benzene rings is 6. The SMILES string of the molecule is Cc1cc(C(N)=NO)c(-c2cccc(Cl)c2)c(-c2ccc(O)cc2)c1.Cc1cccc(-c2c(C(N)=NO)cc(C)cc2-c2ccc(O)cc2)c1. The second-order valence-corrected chi connectivity index (χ2v) is 12.4. The highest BCUT2D eigenvalue weighted by Crippen LogP contribution is 2.39. The molecule has 252 valence electrons. The van der Waals surface area contributed by atoms with Gasteiger partial charge in [0, 0.05) is 27.3 Å². The van der Waals surface area contributed by atoms with E-state index in [0.29, 0.717) is 16.1 Å². The van der Waals surface area contributed by atoms with Crippen molar-refractivity contribution in [1.82, 2.24) is 0 Å². The molecule has 0 aromatic heterocycles. The Hall–Kier alpha value is -6.25. The van der Waals surface area contributed by atoms with Gasteiger partial charge in [-0.2, -0.15) is 0 Å². The van der Waals surface area contributed by atoms with Crippen molar-refractivity contribution in [2.45, 2.75) is 20.8 Å². The zero-order valence-corrected chi connectivity index (χ0v) is 28.5. The summed E-state index contributed by atoms with van der Waals surface area (Å²) in [7, 11) is 0. The fraction of sp³-hybridized carbons (Fsp3) is 0.0732. The summed E-state index contributed by atoms with van der Waals surface area (Å²) in [6.07, 6.45) is 0. The molecule has 0 unspecified atom stereocenters. The van der Waals surface area contributed by atoms with Crippen molar-refractivity contribution in [2.75, 3.05) is 0 Å². The van der Waals surface area contributed by atoms with E-state index in [1.807, 2.05) is 99.6 Å². The molecule has 0 fully saturated rings. The Morgan fingerprint density at radius 3 is 1.32 bits per heavy atom. The Morgan fingerprint density at radius 1 is 0.500 bits per heavy atom. The van der Waals surface area contributed by atoms with Gasteiger partial charge in [-0.15, -0.1) is 0 Å². The first-order valence-corrected chi connectivity index (χ1v) is 16.0. The van der Waals surface area contributed by atoms with Crippen molar-refractivity contribution >= 4 is 23.3 Å². The fourth-order valence-corrected chi connectivity index (χ4v) is 6.08. The first-order chi connectivity index (χ1) is 24.0. The maximum absolute atomic E-state index is 9.59. The van der Waals surface area contributed by atoms with Crippen LogP contribution in [0.5, 0.6) is 11.5 Å². The number of oxime groups is 2. The normalized spacial score (nSPS) is 11.5. The summed E-state index contributed by atoms with van der Waals surface area (Å²) in [6.45, 7) is 5.94. The first-order valence-electron chi connectivity index (χ1n) is 15.7. The van der Waals surface area contributed by atoms with Crippen LogP contribution in [0.4, 0.5) is 0 Å². The van der Waals surface area contributed by atoms with E-state index in [9.17, 15) is 20.6 Å². The number of hydrogen-bond donors (Lipinski definition) is 6. The first kappa shape index (κ1) is 35.1. The number of phenols is 2. The third kappa shape index (κ3) is 7.89. The molecule has 8 N–H and O–H groups in total. The molecular weight excluding hydrogens is 648 g/mol. The molecule has 0 bridgehead atoms. The molecule has 6 aromatic carbocycles. The van der Waals surface area contributed by atoms with Crippen LogP contribution in [0.3, 0.4) is 0 Å². The lowest BCUT2D eigenvalue weighted by molar-refractivity contribution is 0.318. The fourth-order valence-electron chi connectivity index (χ4n) is 5.89. The molecule has 0 aliphatic carbocycles. The van der Waals surface area contributed by atoms with Gasteiger partial charge in [0.2, 0.25) is 0 Å². The number of aryl methyl sites for hydroxylation is 3. The number of phenolic OH excluding ortho intramolecular Hbond substituents is 2. The average Bonchev–Trinajstić information content (AvgIpc) is 3.11. The van der Waals surface area contributed by atoms with Crippen molar-refractivity contribution in [3.05, 3.63) is 154 Å². The van der Waals surface area contributed by atoms with E-state index in [2.05, 4.69) is 22.4 Å². The van der Waals surface area contributed by atoms with Gasteiger partial charge in [0.05, 0.1) is 0 Å². The molecule has 0 atom stereocenters. The highest BCUT2D eigenvalue weighted by atomic mass is 35.5. The molecule has 0 aliphatic rings. The maximum atomic E-state index is 9.59.